The number of fused-ring (bicyclic) bond motifs is 2. The lowest BCUT2D eigenvalue weighted by Crippen LogP contribution is -2.10. The molecule has 1 aliphatic rings. The summed E-state index contributed by atoms with van der Waals surface area (Å²) < 4.78 is 10.9. The molecule has 0 saturated carbocycles. The molecule has 132 valence electrons. The second-order valence-electron chi connectivity index (χ2n) is 6.88. The van der Waals surface area contributed by atoms with Crippen LogP contribution < -0.4 is 5.63 Å². The van der Waals surface area contributed by atoms with Gasteiger partial charge in [-0.05, 0) is 73.6 Å². The number of esters is 1. The van der Waals surface area contributed by atoms with Crippen LogP contribution in [0.3, 0.4) is 0 Å². The molecule has 0 N–H and O–H groups in total. The van der Waals surface area contributed by atoms with Gasteiger partial charge in [0, 0.05) is 17.0 Å². The number of ether oxygens (including phenoxy) is 1. The SMILES string of the molecule is Cc1cccc(C(=O)OCc2cc(=O)oc3cc4c(cc23)CCC4)c1C. The topological polar surface area (TPSA) is 56.5 Å². The number of benzene rings is 2. The molecular weight excluding hydrogens is 328 g/mol. The molecule has 3 aromatic rings. The molecule has 0 spiro atoms. The summed E-state index contributed by atoms with van der Waals surface area (Å²) in [5, 5.41) is 0.846. The molecule has 1 aromatic heterocycles. The van der Waals surface area contributed by atoms with Crippen molar-refractivity contribution in [3.05, 3.63) is 80.2 Å². The minimum absolute atomic E-state index is 0.0487. The molecule has 0 atom stereocenters. The highest BCUT2D eigenvalue weighted by Crippen LogP contribution is 2.29. The lowest BCUT2D eigenvalue weighted by molar-refractivity contribution is 0.0473. The van der Waals surface area contributed by atoms with Gasteiger partial charge in [0.25, 0.3) is 0 Å². The van der Waals surface area contributed by atoms with Crippen molar-refractivity contribution in [2.75, 3.05) is 0 Å². The van der Waals surface area contributed by atoms with Crippen LogP contribution in [0.25, 0.3) is 11.0 Å². The standard InChI is InChI=1S/C22H20O4/c1-13-5-3-8-18(14(13)2)22(24)25-12-17-11-21(23)26-20-10-16-7-4-6-15(16)9-19(17)20/h3,5,8-11H,4,6-7,12H2,1-2H3. The maximum atomic E-state index is 12.5. The molecule has 4 heteroatoms. The van der Waals surface area contributed by atoms with Crippen LogP contribution in [0.15, 0.2) is 45.6 Å². The molecule has 2 aromatic carbocycles. The fourth-order valence-corrected chi connectivity index (χ4v) is 3.61. The first kappa shape index (κ1) is 16.6. The monoisotopic (exact) mass is 348 g/mol. The second-order valence-corrected chi connectivity index (χ2v) is 6.88. The molecule has 0 amide bonds. The van der Waals surface area contributed by atoms with Gasteiger partial charge in [-0.3, -0.25) is 0 Å². The quantitative estimate of drug-likeness (QED) is 0.524. The molecule has 0 radical (unpaired) electrons. The lowest BCUT2D eigenvalue weighted by atomic mass is 10.0. The molecule has 1 heterocycles. The van der Waals surface area contributed by atoms with Crippen molar-refractivity contribution >= 4 is 16.9 Å². The predicted octanol–water partition coefficient (Wildman–Crippen LogP) is 4.26. The Morgan fingerprint density at radius 1 is 1.12 bits per heavy atom. The molecule has 4 nitrogen and oxygen atoms in total. The van der Waals surface area contributed by atoms with E-state index >= 15 is 0 Å². The van der Waals surface area contributed by atoms with Crippen molar-refractivity contribution in [1.82, 2.24) is 0 Å². The van der Waals surface area contributed by atoms with Gasteiger partial charge in [0.05, 0.1) is 5.56 Å². The summed E-state index contributed by atoms with van der Waals surface area (Å²) in [4.78, 5) is 24.4. The van der Waals surface area contributed by atoms with E-state index in [0.29, 0.717) is 16.7 Å². The van der Waals surface area contributed by atoms with Crippen molar-refractivity contribution < 1.29 is 13.9 Å². The van der Waals surface area contributed by atoms with Crippen LogP contribution in [-0.4, -0.2) is 5.97 Å². The van der Waals surface area contributed by atoms with Crippen molar-refractivity contribution in [2.45, 2.75) is 39.7 Å². The summed E-state index contributed by atoms with van der Waals surface area (Å²) in [6.07, 6.45) is 3.17. The summed E-state index contributed by atoms with van der Waals surface area (Å²) in [7, 11) is 0. The third-order valence-corrected chi connectivity index (χ3v) is 5.23. The normalized spacial score (nSPS) is 13.0. The molecule has 4 rings (SSSR count). The van der Waals surface area contributed by atoms with Gasteiger partial charge in [0.15, 0.2) is 0 Å². The average molecular weight is 348 g/mol. The summed E-state index contributed by atoms with van der Waals surface area (Å²) in [5.41, 5.74) is 5.86. The zero-order valence-corrected chi connectivity index (χ0v) is 14.9. The number of hydrogen-bond acceptors (Lipinski definition) is 4. The highest BCUT2D eigenvalue weighted by Gasteiger charge is 2.17. The Labute approximate surface area is 151 Å². The van der Waals surface area contributed by atoms with Crippen LogP contribution in [0.2, 0.25) is 0 Å². The van der Waals surface area contributed by atoms with E-state index in [-0.39, 0.29) is 12.6 Å². The first-order valence-electron chi connectivity index (χ1n) is 8.85. The predicted molar refractivity (Wildman–Crippen MR) is 99.5 cm³/mol. The van der Waals surface area contributed by atoms with Crippen molar-refractivity contribution in [2.24, 2.45) is 0 Å². The Kier molecular flexibility index (Phi) is 4.11. The van der Waals surface area contributed by atoms with Gasteiger partial charge in [-0.1, -0.05) is 12.1 Å². The van der Waals surface area contributed by atoms with Crippen molar-refractivity contribution in [1.29, 1.82) is 0 Å². The van der Waals surface area contributed by atoms with Crippen LogP contribution >= 0.6 is 0 Å². The molecular formula is C22H20O4. The van der Waals surface area contributed by atoms with Gasteiger partial charge in [-0.25, -0.2) is 9.59 Å². The van der Waals surface area contributed by atoms with E-state index in [2.05, 4.69) is 6.07 Å². The van der Waals surface area contributed by atoms with E-state index in [4.69, 9.17) is 9.15 Å². The summed E-state index contributed by atoms with van der Waals surface area (Å²) in [5.74, 6) is -0.381. The first-order valence-corrected chi connectivity index (χ1v) is 8.85. The van der Waals surface area contributed by atoms with E-state index in [1.807, 2.05) is 32.0 Å². The highest BCUT2D eigenvalue weighted by atomic mass is 16.5. The third kappa shape index (κ3) is 2.92. The number of rotatable bonds is 3. The van der Waals surface area contributed by atoms with Crippen LogP contribution in [0.1, 0.15) is 44.6 Å². The number of carbonyl (C=O) groups excluding carboxylic acids is 1. The minimum Gasteiger partial charge on any atom is -0.457 e. The molecule has 1 aliphatic carbocycles. The van der Waals surface area contributed by atoms with Gasteiger partial charge in [0.2, 0.25) is 0 Å². The van der Waals surface area contributed by atoms with Crippen LogP contribution in [0.5, 0.6) is 0 Å². The fourth-order valence-electron chi connectivity index (χ4n) is 3.61. The van der Waals surface area contributed by atoms with Gasteiger partial charge >= 0.3 is 11.6 Å². The van der Waals surface area contributed by atoms with Gasteiger partial charge in [0.1, 0.15) is 12.2 Å². The van der Waals surface area contributed by atoms with E-state index in [9.17, 15) is 9.59 Å². The Morgan fingerprint density at radius 2 is 1.88 bits per heavy atom. The van der Waals surface area contributed by atoms with Crippen LogP contribution in [-0.2, 0) is 24.2 Å². The second kappa shape index (κ2) is 6.45. The summed E-state index contributed by atoms with van der Waals surface area (Å²) in [6.45, 7) is 3.91. The smallest absolute Gasteiger partial charge is 0.338 e. The van der Waals surface area contributed by atoms with E-state index in [1.54, 1.807) is 6.07 Å². The van der Waals surface area contributed by atoms with Gasteiger partial charge in [-0.2, -0.15) is 0 Å². The van der Waals surface area contributed by atoms with Crippen LogP contribution in [0.4, 0.5) is 0 Å². The zero-order valence-electron chi connectivity index (χ0n) is 14.9. The molecule has 0 saturated heterocycles. The average Bonchev–Trinajstić information content (AvgIpc) is 3.07. The van der Waals surface area contributed by atoms with E-state index in [1.165, 1.54) is 17.2 Å². The van der Waals surface area contributed by atoms with E-state index in [0.717, 1.165) is 35.8 Å². The summed E-state index contributed by atoms with van der Waals surface area (Å²) >= 11 is 0. The molecule has 26 heavy (non-hydrogen) atoms. The zero-order chi connectivity index (χ0) is 18.3. The Bertz CT molecular complexity index is 1080. The summed E-state index contributed by atoms with van der Waals surface area (Å²) in [6, 6.07) is 11.0. The van der Waals surface area contributed by atoms with Crippen molar-refractivity contribution in [3.8, 4) is 0 Å². The highest BCUT2D eigenvalue weighted by molar-refractivity contribution is 5.91. The van der Waals surface area contributed by atoms with Gasteiger partial charge < -0.3 is 9.15 Å². The maximum Gasteiger partial charge on any atom is 0.338 e. The number of hydrogen-bond donors (Lipinski definition) is 0. The Balaban J connectivity index is 1.66. The first-order chi connectivity index (χ1) is 12.5. The van der Waals surface area contributed by atoms with Crippen LogP contribution in [0, 0.1) is 13.8 Å². The maximum absolute atomic E-state index is 12.5. The Morgan fingerprint density at radius 3 is 2.69 bits per heavy atom. The largest absolute Gasteiger partial charge is 0.457 e. The van der Waals surface area contributed by atoms with E-state index < -0.39 is 5.63 Å². The lowest BCUT2D eigenvalue weighted by Gasteiger charge is -2.11. The molecule has 0 aliphatic heterocycles. The Hall–Kier alpha value is -2.88. The number of carbonyl (C=O) groups is 1. The fraction of sp³-hybridized carbons (Fsp3) is 0.273. The molecule has 0 bridgehead atoms. The molecule has 0 fully saturated rings. The molecule has 0 unspecified atom stereocenters. The minimum atomic E-state index is -0.423. The van der Waals surface area contributed by atoms with Crippen molar-refractivity contribution in [3.63, 3.8) is 0 Å². The third-order valence-electron chi connectivity index (χ3n) is 5.23. The van der Waals surface area contributed by atoms with Gasteiger partial charge in [-0.15, -0.1) is 0 Å². The number of aryl methyl sites for hydroxylation is 3.